The fourth-order valence-corrected chi connectivity index (χ4v) is 8.16. The number of nitrogens with one attached hydrogen (secondary N) is 4. The third kappa shape index (κ3) is 7.25. The van der Waals surface area contributed by atoms with Crippen molar-refractivity contribution in [2.24, 2.45) is 11.8 Å². The third-order valence-electron chi connectivity index (χ3n) is 10.7. The fraction of sp³-hybridized carbons (Fsp3) is 0.629. The van der Waals surface area contributed by atoms with Crippen LogP contribution < -0.4 is 16.0 Å². The first-order valence-corrected chi connectivity index (χ1v) is 17.1. The van der Waals surface area contributed by atoms with Gasteiger partial charge >= 0.3 is 0 Å². The van der Waals surface area contributed by atoms with E-state index >= 15 is 0 Å². The van der Waals surface area contributed by atoms with Gasteiger partial charge < -0.3 is 25.8 Å². The summed E-state index contributed by atoms with van der Waals surface area (Å²) in [5, 5.41) is 9.95. The SMILES string of the molecule is O=C(NC(CC1CCCCC1)C(=O)NC(CC1CC2(CCCCC2)NC1=O)C(=O)C(=O)N1CCCC1)c1cc2ccccc2[nH]1. The van der Waals surface area contributed by atoms with Crippen molar-refractivity contribution in [2.75, 3.05) is 13.1 Å². The zero-order valence-electron chi connectivity index (χ0n) is 26.2. The van der Waals surface area contributed by atoms with Crippen LogP contribution in [0.1, 0.15) is 107 Å². The molecule has 4 amide bonds. The first-order valence-electron chi connectivity index (χ1n) is 17.1. The Hall–Kier alpha value is -3.69. The number of Topliss-reactive ketones (excluding diaryl/α,β-unsaturated/α-hetero) is 1. The van der Waals surface area contributed by atoms with Crippen LogP contribution in [0.2, 0.25) is 0 Å². The number of carbonyl (C=O) groups is 5. The molecular weight excluding hydrogens is 570 g/mol. The molecule has 45 heavy (non-hydrogen) atoms. The van der Waals surface area contributed by atoms with Crippen LogP contribution >= 0.6 is 0 Å². The number of hydrogen-bond acceptors (Lipinski definition) is 5. The predicted molar refractivity (Wildman–Crippen MR) is 170 cm³/mol. The minimum atomic E-state index is -1.14. The van der Waals surface area contributed by atoms with E-state index in [-0.39, 0.29) is 23.8 Å². The maximum atomic E-state index is 14.1. The number of hydrogen-bond donors (Lipinski definition) is 4. The molecule has 6 rings (SSSR count). The van der Waals surface area contributed by atoms with Crippen LogP contribution in [0, 0.1) is 11.8 Å². The Labute approximate surface area is 264 Å². The molecule has 2 saturated heterocycles. The van der Waals surface area contributed by atoms with E-state index in [9.17, 15) is 24.0 Å². The molecule has 10 nitrogen and oxygen atoms in total. The van der Waals surface area contributed by atoms with Gasteiger partial charge in [0.15, 0.2) is 0 Å². The molecule has 4 N–H and O–H groups in total. The molecule has 2 aliphatic heterocycles. The number of amides is 4. The topological polar surface area (TPSA) is 140 Å². The lowest BCUT2D eigenvalue weighted by Crippen LogP contribution is -2.55. The van der Waals surface area contributed by atoms with Gasteiger partial charge in [0.05, 0.1) is 6.04 Å². The molecule has 4 fully saturated rings. The number of ketones is 1. The molecule has 3 unspecified atom stereocenters. The predicted octanol–water partition coefficient (Wildman–Crippen LogP) is 4.14. The van der Waals surface area contributed by atoms with Crippen LogP contribution in [0.3, 0.4) is 0 Å². The van der Waals surface area contributed by atoms with Crippen LogP contribution in [-0.2, 0) is 19.2 Å². The lowest BCUT2D eigenvalue weighted by atomic mass is 9.78. The maximum absolute atomic E-state index is 14.1. The highest BCUT2D eigenvalue weighted by Crippen LogP contribution is 2.39. The number of nitrogens with zero attached hydrogens (tertiary/aromatic N) is 1. The minimum absolute atomic E-state index is 0.0733. The van der Waals surface area contributed by atoms with Crippen molar-refractivity contribution in [3.05, 3.63) is 36.0 Å². The summed E-state index contributed by atoms with van der Waals surface area (Å²) in [6, 6.07) is 7.34. The van der Waals surface area contributed by atoms with Gasteiger partial charge in [-0.25, -0.2) is 0 Å². The van der Waals surface area contributed by atoms with Gasteiger partial charge in [0.2, 0.25) is 17.6 Å². The summed E-state index contributed by atoms with van der Waals surface area (Å²) < 4.78 is 0. The smallest absolute Gasteiger partial charge is 0.292 e. The van der Waals surface area contributed by atoms with Crippen molar-refractivity contribution in [1.29, 1.82) is 0 Å². The van der Waals surface area contributed by atoms with Crippen LogP contribution in [0.15, 0.2) is 30.3 Å². The molecule has 1 aromatic carbocycles. The summed E-state index contributed by atoms with van der Waals surface area (Å²) in [6.45, 7) is 1.03. The largest absolute Gasteiger partial charge is 0.351 e. The second-order valence-corrected chi connectivity index (χ2v) is 13.9. The Morgan fingerprint density at radius 3 is 2.31 bits per heavy atom. The summed E-state index contributed by atoms with van der Waals surface area (Å²) in [5.74, 6) is -2.47. The highest BCUT2D eigenvalue weighted by atomic mass is 16.2. The van der Waals surface area contributed by atoms with Crippen molar-refractivity contribution < 1.29 is 24.0 Å². The molecule has 2 aliphatic carbocycles. The van der Waals surface area contributed by atoms with E-state index in [1.807, 2.05) is 24.3 Å². The minimum Gasteiger partial charge on any atom is -0.351 e. The van der Waals surface area contributed by atoms with Crippen molar-refractivity contribution in [2.45, 2.75) is 114 Å². The van der Waals surface area contributed by atoms with Crippen LogP contribution in [-0.4, -0.2) is 70.0 Å². The highest BCUT2D eigenvalue weighted by Gasteiger charge is 2.46. The molecule has 3 heterocycles. The molecule has 242 valence electrons. The van der Waals surface area contributed by atoms with E-state index in [2.05, 4.69) is 20.9 Å². The number of likely N-dealkylation sites (tertiary alicyclic amines) is 1. The lowest BCUT2D eigenvalue weighted by molar-refractivity contribution is -0.146. The Morgan fingerprint density at radius 1 is 0.867 bits per heavy atom. The molecule has 1 aromatic heterocycles. The third-order valence-corrected chi connectivity index (χ3v) is 10.7. The summed E-state index contributed by atoms with van der Waals surface area (Å²) >= 11 is 0. The van der Waals surface area contributed by atoms with Crippen LogP contribution in [0.4, 0.5) is 0 Å². The Bertz CT molecular complexity index is 1380. The van der Waals surface area contributed by atoms with E-state index in [1.54, 1.807) is 11.0 Å². The van der Waals surface area contributed by atoms with E-state index < -0.39 is 41.5 Å². The normalized spacial score (nSPS) is 23.1. The molecule has 2 aromatic rings. The monoisotopic (exact) mass is 617 g/mol. The summed E-state index contributed by atoms with van der Waals surface area (Å²) in [5.41, 5.74) is 0.927. The summed E-state index contributed by atoms with van der Waals surface area (Å²) in [7, 11) is 0. The fourth-order valence-electron chi connectivity index (χ4n) is 8.16. The van der Waals surface area contributed by atoms with Crippen LogP contribution in [0.25, 0.3) is 10.9 Å². The van der Waals surface area contributed by atoms with Gasteiger partial charge in [-0.2, -0.15) is 0 Å². The zero-order valence-corrected chi connectivity index (χ0v) is 26.2. The summed E-state index contributed by atoms with van der Waals surface area (Å²) in [4.78, 5) is 72.5. The molecule has 0 bridgehead atoms. The van der Waals surface area contributed by atoms with Gasteiger partial charge in [-0.05, 0) is 63.0 Å². The van der Waals surface area contributed by atoms with Gasteiger partial charge in [-0.1, -0.05) is 69.6 Å². The average molecular weight is 618 g/mol. The van der Waals surface area contributed by atoms with Crippen molar-refractivity contribution in [3.8, 4) is 0 Å². The lowest BCUT2D eigenvalue weighted by Gasteiger charge is -2.33. The average Bonchev–Trinajstić information content (AvgIpc) is 3.80. The van der Waals surface area contributed by atoms with Crippen molar-refractivity contribution in [3.63, 3.8) is 0 Å². The second kappa shape index (κ2) is 13.7. The molecule has 1 spiro atoms. The van der Waals surface area contributed by atoms with Gasteiger partial charge in [0.25, 0.3) is 11.8 Å². The first-order chi connectivity index (χ1) is 21.8. The Kier molecular flexibility index (Phi) is 9.56. The Morgan fingerprint density at radius 2 is 1.58 bits per heavy atom. The number of para-hydroxylation sites is 1. The standard InChI is InChI=1S/C35H47N5O5/c41-30(34(45)40-17-9-10-18-40)27(21-25-22-35(39-31(25)42)15-7-2-8-16-35)37-32(43)28(19-23-11-3-1-4-12-23)38-33(44)29-20-24-13-5-6-14-26(24)36-29/h5-6,13-14,20,23,25,27-28,36H,1-4,7-12,15-19,21-22H2,(H,37,43)(H,38,44)(H,39,42). The molecule has 2 saturated carbocycles. The Balaban J connectivity index is 1.21. The van der Waals surface area contributed by atoms with E-state index in [4.69, 9.17) is 0 Å². The number of H-pyrrole nitrogens is 1. The number of benzene rings is 1. The number of aromatic nitrogens is 1. The molecule has 4 aliphatic rings. The van der Waals surface area contributed by atoms with Gasteiger partial charge in [0.1, 0.15) is 11.7 Å². The van der Waals surface area contributed by atoms with Crippen molar-refractivity contribution >= 4 is 40.3 Å². The van der Waals surface area contributed by atoms with Gasteiger partial charge in [-0.3, -0.25) is 24.0 Å². The van der Waals surface area contributed by atoms with E-state index in [0.29, 0.717) is 31.6 Å². The maximum Gasteiger partial charge on any atom is 0.292 e. The molecule has 0 radical (unpaired) electrons. The molecule has 3 atom stereocenters. The summed E-state index contributed by atoms with van der Waals surface area (Å²) in [6.07, 6.45) is 13.2. The number of rotatable bonds is 10. The van der Waals surface area contributed by atoms with Crippen molar-refractivity contribution in [1.82, 2.24) is 25.8 Å². The van der Waals surface area contributed by atoms with Gasteiger partial charge in [0, 0.05) is 35.4 Å². The first kappa shape index (κ1) is 31.3. The molecule has 10 heteroatoms. The van der Waals surface area contributed by atoms with E-state index in [0.717, 1.165) is 88.0 Å². The molecular formula is C35H47N5O5. The van der Waals surface area contributed by atoms with E-state index in [1.165, 1.54) is 0 Å². The van der Waals surface area contributed by atoms with Crippen LogP contribution in [0.5, 0.6) is 0 Å². The number of carbonyl (C=O) groups excluding carboxylic acids is 5. The quantitative estimate of drug-likeness (QED) is 0.297. The number of fused-ring (bicyclic) bond motifs is 1. The number of aromatic amines is 1. The second-order valence-electron chi connectivity index (χ2n) is 13.9. The zero-order chi connectivity index (χ0) is 31.4. The highest BCUT2D eigenvalue weighted by molar-refractivity contribution is 6.38. The van der Waals surface area contributed by atoms with Gasteiger partial charge in [-0.15, -0.1) is 0 Å².